The third kappa shape index (κ3) is 4.21. The molecule has 2 N–H and O–H groups in total. The summed E-state index contributed by atoms with van der Waals surface area (Å²) in [5.41, 5.74) is 1.97. The van der Waals surface area contributed by atoms with E-state index in [1.807, 2.05) is 29.2 Å². The summed E-state index contributed by atoms with van der Waals surface area (Å²) in [6, 6.07) is 7.76. The zero-order valence-corrected chi connectivity index (χ0v) is 12.3. The lowest BCUT2D eigenvalue weighted by molar-refractivity contribution is -0.120. The van der Waals surface area contributed by atoms with E-state index in [0.29, 0.717) is 19.5 Å². The van der Waals surface area contributed by atoms with Crippen molar-refractivity contribution in [3.05, 3.63) is 29.8 Å². The molecule has 0 radical (unpaired) electrons. The SMILES string of the molecule is CNCC(=O)NCc1ccc(N2CCCC2=O)cc1.Cl. The van der Waals surface area contributed by atoms with Gasteiger partial charge in [0.05, 0.1) is 6.54 Å². The Balaban J connectivity index is 0.00000200. The molecule has 0 saturated carbocycles. The maximum atomic E-state index is 11.6. The van der Waals surface area contributed by atoms with Crippen molar-refractivity contribution in [3.63, 3.8) is 0 Å². The quantitative estimate of drug-likeness (QED) is 0.855. The van der Waals surface area contributed by atoms with E-state index < -0.39 is 0 Å². The molecule has 0 spiro atoms. The molecule has 0 unspecified atom stereocenters. The molecule has 1 saturated heterocycles. The fraction of sp³-hybridized carbons (Fsp3) is 0.429. The van der Waals surface area contributed by atoms with Gasteiger partial charge in [0.2, 0.25) is 11.8 Å². The first-order valence-corrected chi connectivity index (χ1v) is 6.51. The number of benzene rings is 1. The van der Waals surface area contributed by atoms with Crippen LogP contribution in [0, 0.1) is 0 Å². The Morgan fingerprint density at radius 1 is 1.30 bits per heavy atom. The van der Waals surface area contributed by atoms with Crippen LogP contribution >= 0.6 is 12.4 Å². The Bertz CT molecular complexity index is 462. The van der Waals surface area contributed by atoms with Crippen molar-refractivity contribution in [2.24, 2.45) is 0 Å². The van der Waals surface area contributed by atoms with Gasteiger partial charge in [-0.15, -0.1) is 12.4 Å². The molecule has 2 rings (SSSR count). The minimum absolute atomic E-state index is 0. The van der Waals surface area contributed by atoms with Crippen molar-refractivity contribution in [2.75, 3.05) is 25.0 Å². The molecule has 0 bridgehead atoms. The lowest BCUT2D eigenvalue weighted by Gasteiger charge is -2.16. The molecule has 110 valence electrons. The van der Waals surface area contributed by atoms with E-state index in [-0.39, 0.29) is 24.2 Å². The van der Waals surface area contributed by atoms with Crippen LogP contribution in [0.25, 0.3) is 0 Å². The average molecular weight is 298 g/mol. The molecule has 1 aliphatic heterocycles. The molecule has 0 atom stereocenters. The summed E-state index contributed by atoms with van der Waals surface area (Å²) in [7, 11) is 1.74. The van der Waals surface area contributed by atoms with Crippen LogP contribution in [0.2, 0.25) is 0 Å². The van der Waals surface area contributed by atoms with Gasteiger partial charge in [0.15, 0.2) is 0 Å². The fourth-order valence-corrected chi connectivity index (χ4v) is 2.14. The molecular formula is C14H20ClN3O2. The average Bonchev–Trinajstić information content (AvgIpc) is 2.84. The Hall–Kier alpha value is -1.59. The van der Waals surface area contributed by atoms with Crippen LogP contribution in [0.5, 0.6) is 0 Å². The molecule has 2 amide bonds. The number of hydrogen-bond acceptors (Lipinski definition) is 3. The fourth-order valence-electron chi connectivity index (χ4n) is 2.14. The van der Waals surface area contributed by atoms with E-state index in [4.69, 9.17) is 0 Å². The largest absolute Gasteiger partial charge is 0.351 e. The highest BCUT2D eigenvalue weighted by atomic mass is 35.5. The summed E-state index contributed by atoms with van der Waals surface area (Å²) in [5.74, 6) is 0.163. The summed E-state index contributed by atoms with van der Waals surface area (Å²) in [6.45, 7) is 1.63. The molecule has 6 heteroatoms. The minimum Gasteiger partial charge on any atom is -0.351 e. The van der Waals surface area contributed by atoms with E-state index in [1.54, 1.807) is 7.05 Å². The first-order valence-electron chi connectivity index (χ1n) is 6.51. The summed E-state index contributed by atoms with van der Waals surface area (Å²) >= 11 is 0. The number of halogens is 1. The highest BCUT2D eigenvalue weighted by Crippen LogP contribution is 2.21. The van der Waals surface area contributed by atoms with Crippen molar-refractivity contribution in [1.29, 1.82) is 0 Å². The second-order valence-electron chi connectivity index (χ2n) is 4.62. The topological polar surface area (TPSA) is 61.4 Å². The number of anilines is 1. The lowest BCUT2D eigenvalue weighted by Crippen LogP contribution is -2.31. The smallest absolute Gasteiger partial charge is 0.234 e. The predicted molar refractivity (Wildman–Crippen MR) is 81.1 cm³/mol. The van der Waals surface area contributed by atoms with Crippen LogP contribution in [0.15, 0.2) is 24.3 Å². The van der Waals surface area contributed by atoms with Crippen LogP contribution in [0.4, 0.5) is 5.69 Å². The molecule has 0 aliphatic carbocycles. The van der Waals surface area contributed by atoms with Crippen LogP contribution < -0.4 is 15.5 Å². The normalized spacial score (nSPS) is 14.1. The summed E-state index contributed by atoms with van der Waals surface area (Å²) in [6.07, 6.45) is 1.57. The number of rotatable bonds is 5. The van der Waals surface area contributed by atoms with Gasteiger partial charge in [-0.25, -0.2) is 0 Å². The van der Waals surface area contributed by atoms with Gasteiger partial charge in [0.25, 0.3) is 0 Å². The number of hydrogen-bond donors (Lipinski definition) is 2. The van der Waals surface area contributed by atoms with Crippen molar-refractivity contribution < 1.29 is 9.59 Å². The molecule has 5 nitrogen and oxygen atoms in total. The van der Waals surface area contributed by atoms with Gasteiger partial charge in [0.1, 0.15) is 0 Å². The van der Waals surface area contributed by atoms with E-state index in [2.05, 4.69) is 10.6 Å². The highest BCUT2D eigenvalue weighted by Gasteiger charge is 2.21. The van der Waals surface area contributed by atoms with Gasteiger partial charge in [-0.2, -0.15) is 0 Å². The van der Waals surface area contributed by atoms with E-state index in [1.165, 1.54) is 0 Å². The molecule has 1 fully saturated rings. The number of likely N-dealkylation sites (N-methyl/N-ethyl adjacent to an activating group) is 1. The molecule has 1 aromatic carbocycles. The Labute approximate surface area is 125 Å². The Morgan fingerprint density at radius 2 is 2.00 bits per heavy atom. The molecule has 1 aromatic rings. The van der Waals surface area contributed by atoms with Crippen LogP contribution in [0.1, 0.15) is 18.4 Å². The Kier molecular flexibility index (Phi) is 6.48. The summed E-state index contributed by atoms with van der Waals surface area (Å²) in [5, 5.41) is 5.61. The number of carbonyl (C=O) groups excluding carboxylic acids is 2. The summed E-state index contributed by atoms with van der Waals surface area (Å²) < 4.78 is 0. The maximum Gasteiger partial charge on any atom is 0.234 e. The number of amides is 2. The van der Waals surface area contributed by atoms with Gasteiger partial charge in [-0.3, -0.25) is 9.59 Å². The summed E-state index contributed by atoms with van der Waals surface area (Å²) in [4.78, 5) is 24.7. The van der Waals surface area contributed by atoms with E-state index in [9.17, 15) is 9.59 Å². The van der Waals surface area contributed by atoms with Crippen molar-refractivity contribution >= 4 is 29.9 Å². The van der Waals surface area contributed by atoms with Gasteiger partial charge >= 0.3 is 0 Å². The van der Waals surface area contributed by atoms with Gasteiger partial charge in [0, 0.05) is 25.2 Å². The molecule has 20 heavy (non-hydrogen) atoms. The van der Waals surface area contributed by atoms with Crippen molar-refractivity contribution in [1.82, 2.24) is 10.6 Å². The molecule has 0 aromatic heterocycles. The number of nitrogens with zero attached hydrogens (tertiary/aromatic N) is 1. The van der Waals surface area contributed by atoms with Crippen molar-refractivity contribution in [3.8, 4) is 0 Å². The minimum atomic E-state index is -0.0266. The second-order valence-corrected chi connectivity index (χ2v) is 4.62. The lowest BCUT2D eigenvalue weighted by atomic mass is 10.2. The first-order chi connectivity index (χ1) is 9.20. The van der Waals surface area contributed by atoms with Crippen LogP contribution in [-0.2, 0) is 16.1 Å². The zero-order valence-electron chi connectivity index (χ0n) is 11.5. The third-order valence-electron chi connectivity index (χ3n) is 3.15. The Morgan fingerprint density at radius 3 is 2.55 bits per heavy atom. The third-order valence-corrected chi connectivity index (χ3v) is 3.15. The standard InChI is InChI=1S/C14H19N3O2.ClH/c1-15-10-13(18)16-9-11-4-6-12(7-5-11)17-8-2-3-14(17)19;/h4-7,15H,2-3,8-10H2,1H3,(H,16,18);1H. The number of nitrogens with one attached hydrogen (secondary N) is 2. The molecular weight excluding hydrogens is 278 g/mol. The van der Waals surface area contributed by atoms with Gasteiger partial charge < -0.3 is 15.5 Å². The molecule has 1 aliphatic rings. The maximum absolute atomic E-state index is 11.6. The second kappa shape index (κ2) is 7.87. The first kappa shape index (κ1) is 16.5. The number of carbonyl (C=O) groups is 2. The monoisotopic (exact) mass is 297 g/mol. The van der Waals surface area contributed by atoms with Crippen molar-refractivity contribution in [2.45, 2.75) is 19.4 Å². The zero-order chi connectivity index (χ0) is 13.7. The van der Waals surface area contributed by atoms with Gasteiger partial charge in [-0.05, 0) is 31.2 Å². The van der Waals surface area contributed by atoms with Crippen LogP contribution in [0.3, 0.4) is 0 Å². The van der Waals surface area contributed by atoms with E-state index in [0.717, 1.165) is 24.2 Å². The van der Waals surface area contributed by atoms with Crippen LogP contribution in [-0.4, -0.2) is 32.0 Å². The molecule has 1 heterocycles. The van der Waals surface area contributed by atoms with E-state index >= 15 is 0 Å². The van der Waals surface area contributed by atoms with Gasteiger partial charge in [-0.1, -0.05) is 12.1 Å². The predicted octanol–water partition coefficient (Wildman–Crippen LogP) is 1.07. The highest BCUT2D eigenvalue weighted by molar-refractivity contribution is 5.95.